The van der Waals surface area contributed by atoms with Crippen molar-refractivity contribution in [1.29, 1.82) is 0 Å². The lowest BCUT2D eigenvalue weighted by molar-refractivity contribution is 0.0536. The molecule has 2 aromatic carbocycles. The van der Waals surface area contributed by atoms with Gasteiger partial charge in [-0.25, -0.2) is 4.79 Å². The number of nitrogens with zero attached hydrogens (tertiary/aromatic N) is 1. The minimum atomic E-state index is -0.944. The summed E-state index contributed by atoms with van der Waals surface area (Å²) in [7, 11) is 0. The molecule has 7 nitrogen and oxygen atoms in total. The number of H-pyrrole nitrogens is 1. The molecule has 2 heterocycles. The van der Waals surface area contributed by atoms with Crippen LogP contribution in [0.5, 0.6) is 5.75 Å². The van der Waals surface area contributed by atoms with Crippen molar-refractivity contribution in [2.24, 2.45) is 0 Å². The Kier molecular flexibility index (Phi) is 7.09. The number of ether oxygens (including phenoxy) is 2. The number of amides is 1. The quantitative estimate of drug-likeness (QED) is 0.480. The topological polar surface area (TPSA) is 95.0 Å². The standard InChI is InChI=1S/C25H25ClN2O5/c1-2-3-12-32-25(31)28-11-10-20-21-13-17(26)6-9-22(21)27-23(20)24(28)16-4-7-19(8-5-16)33-15-18(30)14-29/h4-9,13,18,24,27,29-30H,10-12,14-15H2,1H3. The van der Waals surface area contributed by atoms with Crippen molar-refractivity contribution in [3.63, 3.8) is 0 Å². The lowest BCUT2D eigenvalue weighted by Crippen LogP contribution is -2.41. The second kappa shape index (κ2) is 10.2. The first-order chi connectivity index (χ1) is 16.0. The zero-order chi connectivity index (χ0) is 23.4. The van der Waals surface area contributed by atoms with Gasteiger partial charge in [0.25, 0.3) is 0 Å². The number of aromatic nitrogens is 1. The van der Waals surface area contributed by atoms with E-state index in [9.17, 15) is 9.90 Å². The summed E-state index contributed by atoms with van der Waals surface area (Å²) in [6.07, 6.45) is -0.710. The molecular weight excluding hydrogens is 444 g/mol. The molecule has 8 heteroatoms. The van der Waals surface area contributed by atoms with E-state index in [1.54, 1.807) is 24.0 Å². The van der Waals surface area contributed by atoms with E-state index in [-0.39, 0.29) is 25.9 Å². The molecule has 0 radical (unpaired) electrons. The zero-order valence-corrected chi connectivity index (χ0v) is 18.9. The third-order valence-corrected chi connectivity index (χ3v) is 5.85. The van der Waals surface area contributed by atoms with Crippen LogP contribution >= 0.6 is 11.6 Å². The van der Waals surface area contributed by atoms with Crippen LogP contribution < -0.4 is 4.74 Å². The number of carbonyl (C=O) groups is 1. The monoisotopic (exact) mass is 468 g/mol. The van der Waals surface area contributed by atoms with Gasteiger partial charge in [0.15, 0.2) is 6.61 Å². The molecule has 2 unspecified atom stereocenters. The largest absolute Gasteiger partial charge is 0.491 e. The Hall–Kier alpha value is -3.18. The summed E-state index contributed by atoms with van der Waals surface area (Å²) in [4.78, 5) is 18.1. The summed E-state index contributed by atoms with van der Waals surface area (Å²) in [5.41, 5.74) is 3.88. The highest BCUT2D eigenvalue weighted by molar-refractivity contribution is 6.31. The molecular formula is C25H25ClN2O5. The van der Waals surface area contributed by atoms with E-state index in [1.165, 1.54) is 0 Å². The average molecular weight is 469 g/mol. The number of aromatic amines is 1. The average Bonchev–Trinajstić information content (AvgIpc) is 3.20. The highest BCUT2D eigenvalue weighted by Gasteiger charge is 2.35. The summed E-state index contributed by atoms with van der Waals surface area (Å²) >= 11 is 6.24. The summed E-state index contributed by atoms with van der Waals surface area (Å²) in [6, 6.07) is 12.6. The summed E-state index contributed by atoms with van der Waals surface area (Å²) in [5, 5.41) is 20.2. The number of benzene rings is 2. The van der Waals surface area contributed by atoms with Crippen molar-refractivity contribution in [3.05, 3.63) is 64.3 Å². The van der Waals surface area contributed by atoms with Crippen molar-refractivity contribution in [3.8, 4) is 17.6 Å². The van der Waals surface area contributed by atoms with Gasteiger partial charge in [0.2, 0.25) is 0 Å². The van der Waals surface area contributed by atoms with Crippen LogP contribution in [0.15, 0.2) is 42.5 Å². The Morgan fingerprint density at radius 2 is 2.09 bits per heavy atom. The van der Waals surface area contributed by atoms with Crippen LogP contribution in [0.4, 0.5) is 4.79 Å². The molecule has 0 saturated carbocycles. The normalized spacial score (nSPS) is 16.0. The number of aliphatic hydroxyl groups is 2. The molecule has 2 atom stereocenters. The van der Waals surface area contributed by atoms with Crippen molar-refractivity contribution in [1.82, 2.24) is 9.88 Å². The number of carbonyl (C=O) groups excluding carboxylic acids is 1. The number of hydrogen-bond acceptors (Lipinski definition) is 5. The van der Waals surface area contributed by atoms with Crippen molar-refractivity contribution in [2.45, 2.75) is 25.5 Å². The fourth-order valence-corrected chi connectivity index (χ4v) is 4.22. The van der Waals surface area contributed by atoms with Gasteiger partial charge in [0.1, 0.15) is 24.5 Å². The second-order valence-corrected chi connectivity index (χ2v) is 8.19. The fraction of sp³-hybridized carbons (Fsp3) is 0.320. The SMILES string of the molecule is CC#CCOC(=O)N1CCc2c([nH]c3ccc(Cl)cc23)C1c1ccc(OCC(O)CO)cc1. The van der Waals surface area contributed by atoms with E-state index >= 15 is 0 Å². The van der Waals surface area contributed by atoms with E-state index < -0.39 is 12.2 Å². The Morgan fingerprint density at radius 3 is 2.82 bits per heavy atom. The summed E-state index contributed by atoms with van der Waals surface area (Å²) in [6.45, 7) is 1.84. The number of halogens is 1. The van der Waals surface area contributed by atoms with Crippen LogP contribution in [0.3, 0.4) is 0 Å². The molecule has 0 bridgehead atoms. The second-order valence-electron chi connectivity index (χ2n) is 7.75. The van der Waals surface area contributed by atoms with E-state index in [4.69, 9.17) is 26.2 Å². The molecule has 1 aliphatic rings. The van der Waals surface area contributed by atoms with Gasteiger partial charge in [0, 0.05) is 28.2 Å². The van der Waals surface area contributed by atoms with Crippen molar-refractivity contribution < 1.29 is 24.5 Å². The first-order valence-electron chi connectivity index (χ1n) is 10.7. The van der Waals surface area contributed by atoms with Gasteiger partial charge in [-0.05, 0) is 54.8 Å². The first-order valence-corrected chi connectivity index (χ1v) is 11.0. The van der Waals surface area contributed by atoms with E-state index in [0.717, 1.165) is 27.7 Å². The van der Waals surface area contributed by atoms with E-state index in [0.29, 0.717) is 23.7 Å². The van der Waals surface area contributed by atoms with Crippen molar-refractivity contribution in [2.75, 3.05) is 26.4 Å². The zero-order valence-electron chi connectivity index (χ0n) is 18.2. The minimum absolute atomic E-state index is 0.0108. The number of aliphatic hydroxyl groups excluding tert-OH is 2. The fourth-order valence-electron chi connectivity index (χ4n) is 4.05. The highest BCUT2D eigenvalue weighted by Crippen LogP contribution is 2.39. The lowest BCUT2D eigenvalue weighted by Gasteiger charge is -2.35. The molecule has 0 fully saturated rings. The summed E-state index contributed by atoms with van der Waals surface area (Å²) < 4.78 is 10.9. The van der Waals surface area contributed by atoms with Crippen LogP contribution in [0, 0.1) is 11.8 Å². The number of rotatable bonds is 6. The predicted molar refractivity (Wildman–Crippen MR) is 125 cm³/mol. The Labute approximate surface area is 196 Å². The smallest absolute Gasteiger partial charge is 0.411 e. The minimum Gasteiger partial charge on any atom is -0.491 e. The van der Waals surface area contributed by atoms with Gasteiger partial charge >= 0.3 is 6.09 Å². The Balaban J connectivity index is 1.69. The molecule has 1 aromatic heterocycles. The molecule has 33 heavy (non-hydrogen) atoms. The molecule has 0 spiro atoms. The first kappa shape index (κ1) is 23.0. The lowest BCUT2D eigenvalue weighted by atomic mass is 9.92. The molecule has 172 valence electrons. The van der Waals surface area contributed by atoms with Crippen LogP contribution in [0.25, 0.3) is 10.9 Å². The highest BCUT2D eigenvalue weighted by atomic mass is 35.5. The number of nitrogens with one attached hydrogen (secondary N) is 1. The maximum absolute atomic E-state index is 12.9. The van der Waals surface area contributed by atoms with Crippen LogP contribution in [0.2, 0.25) is 5.02 Å². The van der Waals surface area contributed by atoms with Gasteiger partial charge in [-0.3, -0.25) is 4.90 Å². The summed E-state index contributed by atoms with van der Waals surface area (Å²) in [5.74, 6) is 6.04. The molecule has 3 N–H and O–H groups in total. The molecule has 4 rings (SSSR count). The molecule has 3 aromatic rings. The van der Waals surface area contributed by atoms with Crippen molar-refractivity contribution >= 4 is 28.6 Å². The third kappa shape index (κ3) is 4.93. The Bertz CT molecular complexity index is 1200. The molecule has 0 aliphatic carbocycles. The van der Waals surface area contributed by atoms with E-state index in [1.807, 2.05) is 30.3 Å². The van der Waals surface area contributed by atoms with Gasteiger partial charge < -0.3 is 24.7 Å². The molecule has 1 amide bonds. The van der Waals surface area contributed by atoms with Crippen LogP contribution in [-0.4, -0.2) is 58.7 Å². The van der Waals surface area contributed by atoms with Gasteiger partial charge in [0.05, 0.1) is 6.61 Å². The van der Waals surface area contributed by atoms with Gasteiger partial charge in [-0.1, -0.05) is 29.7 Å². The number of hydrogen-bond donors (Lipinski definition) is 3. The predicted octanol–water partition coefficient (Wildman–Crippen LogP) is 3.66. The van der Waals surface area contributed by atoms with Crippen LogP contribution in [-0.2, 0) is 11.2 Å². The van der Waals surface area contributed by atoms with Crippen LogP contribution in [0.1, 0.15) is 29.8 Å². The van der Waals surface area contributed by atoms with Gasteiger partial charge in [-0.15, -0.1) is 5.92 Å². The van der Waals surface area contributed by atoms with E-state index in [2.05, 4.69) is 16.8 Å². The van der Waals surface area contributed by atoms with Gasteiger partial charge in [-0.2, -0.15) is 0 Å². The molecule has 0 saturated heterocycles. The third-order valence-electron chi connectivity index (χ3n) is 5.62. The number of fused-ring (bicyclic) bond motifs is 3. The Morgan fingerprint density at radius 1 is 1.30 bits per heavy atom. The maximum Gasteiger partial charge on any atom is 0.411 e. The molecule has 1 aliphatic heterocycles. The maximum atomic E-state index is 12.9.